The number of ether oxygens (including phenoxy) is 1. The van der Waals surface area contributed by atoms with Crippen LogP contribution >= 0.6 is 0 Å². The Balaban J connectivity index is 1.39. The van der Waals surface area contributed by atoms with Crippen molar-refractivity contribution >= 4 is 29.4 Å². The molecular formula is C28H38N6O4. The third-order valence-electron chi connectivity index (χ3n) is 6.88. The molecular weight excluding hydrogens is 484 g/mol. The smallest absolute Gasteiger partial charge is 0.410 e. The molecule has 2 fully saturated rings. The molecule has 0 bridgehead atoms. The van der Waals surface area contributed by atoms with Gasteiger partial charge in [-0.05, 0) is 77.0 Å². The van der Waals surface area contributed by atoms with Crippen molar-refractivity contribution in [2.45, 2.75) is 83.3 Å². The van der Waals surface area contributed by atoms with Gasteiger partial charge in [-0.15, -0.1) is 0 Å². The molecule has 0 atom stereocenters. The zero-order valence-corrected chi connectivity index (χ0v) is 22.9. The van der Waals surface area contributed by atoms with Crippen molar-refractivity contribution in [2.75, 3.05) is 18.9 Å². The number of nitrogens with two attached hydrogens (primary N) is 1. The number of amides is 3. The number of hydrogen-bond acceptors (Lipinski definition) is 7. The van der Waals surface area contributed by atoms with Gasteiger partial charge in [0.2, 0.25) is 5.91 Å². The Morgan fingerprint density at radius 3 is 2.47 bits per heavy atom. The summed E-state index contributed by atoms with van der Waals surface area (Å²) in [7, 11) is 1.61. The number of nitrogens with zero attached hydrogens (tertiary/aromatic N) is 3. The molecule has 2 saturated carbocycles. The molecule has 4 rings (SSSR count). The molecule has 2 aliphatic carbocycles. The summed E-state index contributed by atoms with van der Waals surface area (Å²) in [5, 5.41) is 6.20. The second-order valence-corrected chi connectivity index (χ2v) is 11.1. The van der Waals surface area contributed by atoms with Gasteiger partial charge >= 0.3 is 6.09 Å². The molecule has 1 aromatic carbocycles. The molecule has 3 amide bonds. The topological polar surface area (TPSA) is 140 Å². The number of carbonyl (C=O) groups is 3. The van der Waals surface area contributed by atoms with Gasteiger partial charge in [-0.25, -0.2) is 14.8 Å². The van der Waals surface area contributed by atoms with Crippen LogP contribution in [0.25, 0.3) is 0 Å². The molecule has 10 nitrogen and oxygen atoms in total. The average Bonchev–Trinajstić information content (AvgIpc) is 3.76. The number of aromatic nitrogens is 2. The van der Waals surface area contributed by atoms with Crippen molar-refractivity contribution in [2.24, 2.45) is 5.73 Å². The van der Waals surface area contributed by atoms with E-state index in [-0.39, 0.29) is 11.6 Å². The van der Waals surface area contributed by atoms with Gasteiger partial charge in [0.25, 0.3) is 5.91 Å². The average molecular weight is 523 g/mol. The molecule has 0 unspecified atom stereocenters. The van der Waals surface area contributed by atoms with E-state index in [4.69, 9.17) is 15.5 Å². The van der Waals surface area contributed by atoms with Crippen LogP contribution in [0.1, 0.15) is 86.7 Å². The Kier molecular flexibility index (Phi) is 7.62. The minimum absolute atomic E-state index is 0.132. The van der Waals surface area contributed by atoms with E-state index in [1.807, 2.05) is 31.2 Å². The summed E-state index contributed by atoms with van der Waals surface area (Å²) in [5.41, 5.74) is 7.76. The highest BCUT2D eigenvalue weighted by molar-refractivity contribution is 5.96. The van der Waals surface area contributed by atoms with Crippen LogP contribution in [0.3, 0.4) is 0 Å². The number of anilines is 2. The first kappa shape index (κ1) is 27.3. The largest absolute Gasteiger partial charge is 0.444 e. The highest BCUT2D eigenvalue weighted by atomic mass is 16.6. The van der Waals surface area contributed by atoms with Gasteiger partial charge in [0.15, 0.2) is 11.5 Å². The maximum Gasteiger partial charge on any atom is 0.410 e. The van der Waals surface area contributed by atoms with Crippen molar-refractivity contribution in [3.63, 3.8) is 0 Å². The summed E-state index contributed by atoms with van der Waals surface area (Å²) in [4.78, 5) is 48.2. The first-order valence-corrected chi connectivity index (χ1v) is 13.2. The lowest BCUT2D eigenvalue weighted by molar-refractivity contribution is -0.127. The number of aryl methyl sites for hydroxylation is 1. The van der Waals surface area contributed by atoms with Crippen molar-refractivity contribution in [3.8, 4) is 0 Å². The van der Waals surface area contributed by atoms with Crippen LogP contribution in [0.2, 0.25) is 0 Å². The number of primary amides is 1. The fourth-order valence-electron chi connectivity index (χ4n) is 4.45. The van der Waals surface area contributed by atoms with Crippen LogP contribution in [0.5, 0.6) is 0 Å². The van der Waals surface area contributed by atoms with E-state index < -0.39 is 23.1 Å². The quantitative estimate of drug-likeness (QED) is 0.431. The van der Waals surface area contributed by atoms with Crippen molar-refractivity contribution in [1.29, 1.82) is 0 Å². The summed E-state index contributed by atoms with van der Waals surface area (Å²) in [6.45, 7) is 7.81. The first-order chi connectivity index (χ1) is 17.9. The van der Waals surface area contributed by atoms with Crippen molar-refractivity contribution in [3.05, 3.63) is 46.9 Å². The van der Waals surface area contributed by atoms with Gasteiger partial charge in [0, 0.05) is 25.2 Å². The maximum atomic E-state index is 13.0. The summed E-state index contributed by atoms with van der Waals surface area (Å²) in [6, 6.07) is 7.70. The molecule has 10 heteroatoms. The lowest BCUT2D eigenvalue weighted by atomic mass is 10.1. The van der Waals surface area contributed by atoms with Crippen molar-refractivity contribution < 1.29 is 19.1 Å². The van der Waals surface area contributed by atoms with E-state index in [1.54, 1.807) is 27.8 Å². The monoisotopic (exact) mass is 522 g/mol. The lowest BCUT2D eigenvalue weighted by Gasteiger charge is -2.30. The minimum atomic E-state index is -0.848. The Bertz CT molecular complexity index is 1230. The number of carbonyl (C=O) groups excluding carboxylic acids is 3. The first-order valence-electron chi connectivity index (χ1n) is 13.2. The fourth-order valence-corrected chi connectivity index (χ4v) is 4.45. The van der Waals surface area contributed by atoms with E-state index in [2.05, 4.69) is 15.6 Å². The molecule has 38 heavy (non-hydrogen) atoms. The number of hydrogen-bond donors (Lipinski definition) is 3. The molecule has 4 N–H and O–H groups in total. The highest BCUT2D eigenvalue weighted by Crippen LogP contribution is 2.42. The molecule has 0 saturated heterocycles. The van der Waals surface area contributed by atoms with Crippen LogP contribution in [-0.4, -0.2) is 57.5 Å². The van der Waals surface area contributed by atoms with Crippen LogP contribution in [0.15, 0.2) is 24.3 Å². The molecule has 0 aliphatic heterocycles. The van der Waals surface area contributed by atoms with E-state index >= 15 is 0 Å². The van der Waals surface area contributed by atoms with Gasteiger partial charge in [-0.2, -0.15) is 0 Å². The number of benzene rings is 1. The fraction of sp³-hybridized carbons (Fsp3) is 0.536. The van der Waals surface area contributed by atoms with E-state index in [9.17, 15) is 14.4 Å². The summed E-state index contributed by atoms with van der Waals surface area (Å²) in [6.07, 6.45) is 4.15. The Hall–Kier alpha value is -3.69. The predicted octanol–water partition coefficient (Wildman–Crippen LogP) is 3.82. The third kappa shape index (κ3) is 6.23. The lowest BCUT2D eigenvalue weighted by Crippen LogP contribution is -2.51. The van der Waals surface area contributed by atoms with Gasteiger partial charge in [-0.3, -0.25) is 14.5 Å². The van der Waals surface area contributed by atoms with Crippen molar-refractivity contribution in [1.82, 2.24) is 20.2 Å². The minimum Gasteiger partial charge on any atom is -0.444 e. The van der Waals surface area contributed by atoms with E-state index in [0.29, 0.717) is 44.0 Å². The normalized spacial score (nSPS) is 15.9. The zero-order chi connectivity index (χ0) is 27.7. The van der Waals surface area contributed by atoms with Crippen LogP contribution < -0.4 is 16.4 Å². The Morgan fingerprint density at radius 2 is 1.89 bits per heavy atom. The zero-order valence-electron chi connectivity index (χ0n) is 22.9. The SMILES string of the molecule is CCc1nc(C(N)=O)c(Nc2cccc(CCNC(=O)C3(N(C)C(=O)OC(C)(C)C)CC3)c2)nc1C1CC1. The summed E-state index contributed by atoms with van der Waals surface area (Å²) >= 11 is 0. The number of rotatable bonds is 10. The van der Waals surface area contributed by atoms with Gasteiger partial charge in [0.1, 0.15) is 11.1 Å². The van der Waals surface area contributed by atoms with E-state index in [0.717, 1.165) is 35.5 Å². The van der Waals surface area contributed by atoms with Gasteiger partial charge in [-0.1, -0.05) is 19.1 Å². The standard InChI is InChI=1S/C28H38N6O4/c1-6-20-21(18-10-11-18)33-24(22(32-20)23(29)35)31-19-9-7-8-17(16-19)12-15-30-25(36)28(13-14-28)34(5)26(37)38-27(2,3)4/h7-9,16,18H,6,10-15H2,1-5H3,(H2,29,35)(H,30,36)(H,31,33). The van der Waals surface area contributed by atoms with E-state index in [1.165, 1.54) is 4.90 Å². The highest BCUT2D eigenvalue weighted by Gasteiger charge is 2.55. The molecule has 0 radical (unpaired) electrons. The van der Waals surface area contributed by atoms with Crippen LogP contribution in [0, 0.1) is 0 Å². The second kappa shape index (κ2) is 10.6. The van der Waals surface area contributed by atoms with Gasteiger partial charge < -0.3 is 21.1 Å². The molecule has 1 heterocycles. The maximum absolute atomic E-state index is 13.0. The third-order valence-corrected chi connectivity index (χ3v) is 6.88. The predicted molar refractivity (Wildman–Crippen MR) is 144 cm³/mol. The number of likely N-dealkylation sites (N-methyl/N-ethyl adjacent to an activating group) is 1. The second-order valence-electron chi connectivity index (χ2n) is 11.1. The van der Waals surface area contributed by atoms with Crippen LogP contribution in [-0.2, 0) is 22.4 Å². The molecule has 204 valence electrons. The molecule has 2 aromatic rings. The summed E-state index contributed by atoms with van der Waals surface area (Å²) < 4.78 is 5.43. The molecule has 1 aromatic heterocycles. The molecule has 0 spiro atoms. The molecule has 2 aliphatic rings. The Morgan fingerprint density at radius 1 is 1.18 bits per heavy atom. The van der Waals surface area contributed by atoms with Crippen LogP contribution in [0.4, 0.5) is 16.3 Å². The number of nitrogens with one attached hydrogen (secondary N) is 2. The van der Waals surface area contributed by atoms with Gasteiger partial charge in [0.05, 0.1) is 11.4 Å². The Labute approximate surface area is 223 Å². The summed E-state index contributed by atoms with van der Waals surface area (Å²) in [5.74, 6) is -0.0479.